The Balaban J connectivity index is 2.77. The molecule has 0 fully saturated rings. The molecule has 0 saturated heterocycles. The molecule has 0 amide bonds. The summed E-state index contributed by atoms with van der Waals surface area (Å²) in [4.78, 5) is 4.37. The number of halogens is 1. The zero-order valence-corrected chi connectivity index (χ0v) is 10.7. The maximum atomic E-state index is 5.67. The molecular formula is C12H17ClN2O. The van der Waals surface area contributed by atoms with E-state index in [-0.39, 0.29) is 0 Å². The van der Waals surface area contributed by atoms with Crippen LogP contribution in [-0.2, 0) is 6.54 Å². The third kappa shape index (κ3) is 3.22. The Morgan fingerprint density at radius 2 is 2.25 bits per heavy atom. The Kier molecular flexibility index (Phi) is 4.77. The fourth-order valence-corrected chi connectivity index (χ4v) is 1.66. The lowest BCUT2D eigenvalue weighted by Crippen LogP contribution is -2.16. The standard InChI is InChI=1S/C12H17ClN2O/c1-8-5-15-11(7-14-6-9(2)13)10(3)12(8)16-4/h5,14H,2,6-7H2,1,3-4H3. The van der Waals surface area contributed by atoms with Crippen LogP contribution in [0.5, 0.6) is 5.75 Å². The molecule has 1 aromatic heterocycles. The molecule has 3 nitrogen and oxygen atoms in total. The van der Waals surface area contributed by atoms with E-state index in [1.54, 1.807) is 7.11 Å². The number of ether oxygens (including phenoxy) is 1. The first-order valence-electron chi connectivity index (χ1n) is 5.09. The number of rotatable bonds is 5. The molecule has 0 radical (unpaired) electrons. The lowest BCUT2D eigenvalue weighted by molar-refractivity contribution is 0.406. The molecule has 0 spiro atoms. The van der Waals surface area contributed by atoms with Crippen LogP contribution in [0, 0.1) is 13.8 Å². The highest BCUT2D eigenvalue weighted by molar-refractivity contribution is 6.29. The number of nitrogens with zero attached hydrogens (tertiary/aromatic N) is 1. The van der Waals surface area contributed by atoms with E-state index in [2.05, 4.69) is 16.9 Å². The zero-order valence-electron chi connectivity index (χ0n) is 9.93. The van der Waals surface area contributed by atoms with Crippen molar-refractivity contribution in [3.05, 3.63) is 34.6 Å². The summed E-state index contributed by atoms with van der Waals surface area (Å²) in [6, 6.07) is 0. The van der Waals surface area contributed by atoms with Gasteiger partial charge in [-0.3, -0.25) is 4.98 Å². The average Bonchev–Trinajstić information content (AvgIpc) is 2.22. The van der Waals surface area contributed by atoms with Gasteiger partial charge in [0.2, 0.25) is 0 Å². The van der Waals surface area contributed by atoms with Crippen LogP contribution >= 0.6 is 11.6 Å². The number of aromatic nitrogens is 1. The Hall–Kier alpha value is -1.06. The van der Waals surface area contributed by atoms with Gasteiger partial charge in [0.25, 0.3) is 0 Å². The largest absolute Gasteiger partial charge is 0.496 e. The van der Waals surface area contributed by atoms with Gasteiger partial charge in [0.1, 0.15) is 5.75 Å². The van der Waals surface area contributed by atoms with Gasteiger partial charge in [-0.1, -0.05) is 18.2 Å². The van der Waals surface area contributed by atoms with Crippen LogP contribution in [0.25, 0.3) is 0 Å². The van der Waals surface area contributed by atoms with Gasteiger partial charge < -0.3 is 10.1 Å². The molecule has 0 aliphatic rings. The highest BCUT2D eigenvalue weighted by Crippen LogP contribution is 2.23. The minimum atomic E-state index is 0.582. The second-order valence-electron chi connectivity index (χ2n) is 3.67. The van der Waals surface area contributed by atoms with Crippen LogP contribution < -0.4 is 10.1 Å². The first-order valence-corrected chi connectivity index (χ1v) is 5.47. The molecule has 0 unspecified atom stereocenters. The van der Waals surface area contributed by atoms with E-state index in [0.29, 0.717) is 18.1 Å². The van der Waals surface area contributed by atoms with Gasteiger partial charge in [0.15, 0.2) is 0 Å². The number of hydrogen-bond acceptors (Lipinski definition) is 3. The molecule has 4 heteroatoms. The molecule has 0 saturated carbocycles. The number of aryl methyl sites for hydroxylation is 1. The molecule has 0 aliphatic heterocycles. The molecule has 0 atom stereocenters. The second-order valence-corrected chi connectivity index (χ2v) is 4.20. The van der Waals surface area contributed by atoms with E-state index in [9.17, 15) is 0 Å². The molecule has 0 aromatic carbocycles. The molecule has 1 rings (SSSR count). The Bertz CT molecular complexity index is 391. The topological polar surface area (TPSA) is 34.2 Å². The first kappa shape index (κ1) is 13.0. The Morgan fingerprint density at radius 3 is 2.81 bits per heavy atom. The first-order chi connectivity index (χ1) is 7.56. The van der Waals surface area contributed by atoms with E-state index in [0.717, 1.165) is 22.6 Å². The van der Waals surface area contributed by atoms with Gasteiger partial charge in [0, 0.05) is 35.4 Å². The van der Waals surface area contributed by atoms with E-state index in [4.69, 9.17) is 16.3 Å². The maximum absolute atomic E-state index is 5.67. The van der Waals surface area contributed by atoms with E-state index in [1.165, 1.54) is 0 Å². The molecule has 0 aliphatic carbocycles. The maximum Gasteiger partial charge on any atom is 0.128 e. The summed E-state index contributed by atoms with van der Waals surface area (Å²) in [7, 11) is 1.67. The van der Waals surface area contributed by atoms with Crippen molar-refractivity contribution < 1.29 is 4.74 Å². The van der Waals surface area contributed by atoms with E-state index in [1.807, 2.05) is 20.0 Å². The molecule has 88 valence electrons. The summed E-state index contributed by atoms with van der Waals surface area (Å²) in [6.45, 7) is 8.85. The van der Waals surface area contributed by atoms with Gasteiger partial charge in [-0.15, -0.1) is 0 Å². The normalized spacial score (nSPS) is 10.2. The van der Waals surface area contributed by atoms with Gasteiger partial charge in [-0.25, -0.2) is 0 Å². The van der Waals surface area contributed by atoms with Crippen LogP contribution in [-0.4, -0.2) is 18.6 Å². The molecule has 1 N–H and O–H groups in total. The van der Waals surface area contributed by atoms with Crippen molar-refractivity contribution in [2.45, 2.75) is 20.4 Å². The number of pyridine rings is 1. The minimum absolute atomic E-state index is 0.582. The summed E-state index contributed by atoms with van der Waals surface area (Å²) in [6.07, 6.45) is 1.82. The summed E-state index contributed by atoms with van der Waals surface area (Å²) in [5.41, 5.74) is 3.08. The predicted octanol–water partition coefficient (Wildman–Crippen LogP) is 2.55. The van der Waals surface area contributed by atoms with E-state index < -0.39 is 0 Å². The lowest BCUT2D eigenvalue weighted by atomic mass is 10.1. The fourth-order valence-electron chi connectivity index (χ4n) is 1.57. The molecule has 0 bridgehead atoms. The summed E-state index contributed by atoms with van der Waals surface area (Å²) >= 11 is 5.67. The smallest absolute Gasteiger partial charge is 0.128 e. The van der Waals surface area contributed by atoms with Crippen molar-refractivity contribution in [1.82, 2.24) is 10.3 Å². The van der Waals surface area contributed by atoms with Gasteiger partial charge >= 0.3 is 0 Å². The SMILES string of the molecule is C=C(Cl)CNCc1ncc(C)c(OC)c1C. The number of methoxy groups -OCH3 is 1. The molecule has 1 aromatic rings. The second kappa shape index (κ2) is 5.87. The van der Waals surface area contributed by atoms with E-state index >= 15 is 0 Å². The summed E-state index contributed by atoms with van der Waals surface area (Å²) in [5, 5.41) is 3.76. The van der Waals surface area contributed by atoms with Crippen LogP contribution in [0.3, 0.4) is 0 Å². The van der Waals surface area contributed by atoms with Crippen molar-refractivity contribution >= 4 is 11.6 Å². The monoisotopic (exact) mass is 240 g/mol. The minimum Gasteiger partial charge on any atom is -0.496 e. The van der Waals surface area contributed by atoms with Crippen LogP contribution in [0.2, 0.25) is 0 Å². The zero-order chi connectivity index (χ0) is 12.1. The van der Waals surface area contributed by atoms with Gasteiger partial charge in [0.05, 0.1) is 12.8 Å². The Morgan fingerprint density at radius 1 is 1.56 bits per heavy atom. The van der Waals surface area contributed by atoms with Gasteiger partial charge in [-0.05, 0) is 13.8 Å². The molecule has 16 heavy (non-hydrogen) atoms. The Labute approximate surface area is 101 Å². The van der Waals surface area contributed by atoms with Gasteiger partial charge in [-0.2, -0.15) is 0 Å². The van der Waals surface area contributed by atoms with Crippen molar-refractivity contribution in [1.29, 1.82) is 0 Å². The van der Waals surface area contributed by atoms with Crippen LogP contribution in [0.1, 0.15) is 16.8 Å². The highest BCUT2D eigenvalue weighted by Gasteiger charge is 2.08. The molecular weight excluding hydrogens is 224 g/mol. The summed E-state index contributed by atoms with van der Waals surface area (Å²) in [5.74, 6) is 0.900. The number of hydrogen-bond donors (Lipinski definition) is 1. The predicted molar refractivity (Wildman–Crippen MR) is 67.0 cm³/mol. The van der Waals surface area contributed by atoms with Crippen molar-refractivity contribution in [2.24, 2.45) is 0 Å². The third-order valence-corrected chi connectivity index (χ3v) is 2.49. The third-order valence-electron chi connectivity index (χ3n) is 2.36. The van der Waals surface area contributed by atoms with Crippen LogP contribution in [0.15, 0.2) is 17.8 Å². The van der Waals surface area contributed by atoms with Crippen molar-refractivity contribution in [3.63, 3.8) is 0 Å². The molecule has 1 heterocycles. The van der Waals surface area contributed by atoms with Crippen LogP contribution in [0.4, 0.5) is 0 Å². The van der Waals surface area contributed by atoms with Crippen molar-refractivity contribution in [2.75, 3.05) is 13.7 Å². The highest BCUT2D eigenvalue weighted by atomic mass is 35.5. The lowest BCUT2D eigenvalue weighted by Gasteiger charge is -2.12. The van der Waals surface area contributed by atoms with Crippen molar-refractivity contribution in [3.8, 4) is 5.75 Å². The quantitative estimate of drug-likeness (QED) is 0.859. The summed E-state index contributed by atoms with van der Waals surface area (Å²) < 4.78 is 5.33. The fraction of sp³-hybridized carbons (Fsp3) is 0.417. The average molecular weight is 241 g/mol. The number of nitrogens with one attached hydrogen (secondary N) is 1.